The van der Waals surface area contributed by atoms with Crippen molar-refractivity contribution in [3.8, 4) is 0 Å². The van der Waals surface area contributed by atoms with Crippen LogP contribution in [0.1, 0.15) is 49.5 Å². The Balaban J connectivity index is 1.60. The number of ether oxygens (including phenoxy) is 2. The molecular formula is C17H22O5S. The summed E-state index contributed by atoms with van der Waals surface area (Å²) in [6, 6.07) is 7.58. The Bertz CT molecular complexity index is 655. The molecule has 2 atom stereocenters. The molecule has 3 heterocycles. The topological polar surface area (TPSA) is 72.8 Å². The molecule has 23 heavy (non-hydrogen) atoms. The van der Waals surface area contributed by atoms with Gasteiger partial charge in [-0.3, -0.25) is 0 Å². The highest BCUT2D eigenvalue weighted by Gasteiger charge is 2.50. The van der Waals surface area contributed by atoms with Gasteiger partial charge in [-0.15, -0.1) is 0 Å². The highest BCUT2D eigenvalue weighted by Crippen LogP contribution is 2.46. The molecular weight excluding hydrogens is 316 g/mol. The molecule has 0 spiro atoms. The molecule has 0 saturated carbocycles. The molecule has 3 saturated heterocycles. The molecule has 0 aliphatic carbocycles. The molecule has 1 N–H and O–H groups in total. The van der Waals surface area contributed by atoms with Crippen LogP contribution in [0, 0.1) is 0 Å². The summed E-state index contributed by atoms with van der Waals surface area (Å²) in [5.74, 6) is 0. The largest absolute Gasteiger partial charge is 0.385 e. The quantitative estimate of drug-likeness (QED) is 0.893. The van der Waals surface area contributed by atoms with E-state index in [1.54, 1.807) is 0 Å². The Kier molecular flexibility index (Phi) is 3.76. The normalized spacial score (nSPS) is 36.9. The van der Waals surface area contributed by atoms with E-state index in [4.69, 9.17) is 9.47 Å². The molecule has 3 fully saturated rings. The number of aliphatic hydroxyl groups is 1. The van der Waals surface area contributed by atoms with Gasteiger partial charge >= 0.3 is 0 Å². The minimum atomic E-state index is -3.07. The van der Waals surface area contributed by atoms with E-state index in [2.05, 4.69) is 0 Å². The number of hydrogen-bond acceptors (Lipinski definition) is 5. The minimum absolute atomic E-state index is 0.307. The SMILES string of the molecule is O=S1(=O)C2CCCC1CC(O)(c1ccc(C3OCCO3)cc1)C2. The average molecular weight is 338 g/mol. The van der Waals surface area contributed by atoms with Gasteiger partial charge in [0, 0.05) is 5.56 Å². The minimum Gasteiger partial charge on any atom is -0.385 e. The molecule has 5 nitrogen and oxygen atoms in total. The van der Waals surface area contributed by atoms with Crippen molar-refractivity contribution >= 4 is 9.84 Å². The predicted molar refractivity (Wildman–Crippen MR) is 84.6 cm³/mol. The third-order valence-corrected chi connectivity index (χ3v) is 8.12. The number of rotatable bonds is 2. The second-order valence-electron chi connectivity index (χ2n) is 6.90. The Morgan fingerprint density at radius 3 is 2.13 bits per heavy atom. The van der Waals surface area contributed by atoms with Crippen molar-refractivity contribution in [2.24, 2.45) is 0 Å². The van der Waals surface area contributed by atoms with E-state index in [0.717, 1.165) is 17.5 Å². The van der Waals surface area contributed by atoms with Crippen LogP contribution in [0.25, 0.3) is 0 Å². The second-order valence-corrected chi connectivity index (χ2v) is 9.41. The second kappa shape index (κ2) is 5.55. The smallest absolute Gasteiger partial charge is 0.184 e. The lowest BCUT2D eigenvalue weighted by Crippen LogP contribution is -2.50. The van der Waals surface area contributed by atoms with Crippen molar-refractivity contribution in [1.82, 2.24) is 0 Å². The van der Waals surface area contributed by atoms with E-state index < -0.39 is 25.9 Å². The van der Waals surface area contributed by atoms with Crippen LogP contribution in [0.2, 0.25) is 0 Å². The van der Waals surface area contributed by atoms with Crippen LogP contribution in [-0.2, 0) is 24.9 Å². The molecule has 3 aliphatic rings. The van der Waals surface area contributed by atoms with Gasteiger partial charge in [-0.25, -0.2) is 8.42 Å². The molecule has 1 aromatic carbocycles. The summed E-state index contributed by atoms with van der Waals surface area (Å²) in [4.78, 5) is 0. The summed E-state index contributed by atoms with van der Waals surface area (Å²) in [6.45, 7) is 1.19. The lowest BCUT2D eigenvalue weighted by Gasteiger charge is -2.44. The highest BCUT2D eigenvalue weighted by atomic mass is 32.2. The van der Waals surface area contributed by atoms with E-state index >= 15 is 0 Å². The first-order valence-electron chi connectivity index (χ1n) is 8.28. The zero-order valence-corrected chi connectivity index (χ0v) is 13.8. The fourth-order valence-corrected chi connectivity index (χ4v) is 6.73. The van der Waals surface area contributed by atoms with Crippen molar-refractivity contribution in [3.63, 3.8) is 0 Å². The molecule has 1 aromatic rings. The van der Waals surface area contributed by atoms with Gasteiger partial charge < -0.3 is 14.6 Å². The van der Waals surface area contributed by atoms with Crippen LogP contribution in [0.4, 0.5) is 0 Å². The summed E-state index contributed by atoms with van der Waals surface area (Å²) in [5.41, 5.74) is 0.682. The van der Waals surface area contributed by atoms with Gasteiger partial charge in [0.2, 0.25) is 0 Å². The molecule has 0 radical (unpaired) electrons. The van der Waals surface area contributed by atoms with Crippen LogP contribution in [0.5, 0.6) is 0 Å². The zero-order valence-electron chi connectivity index (χ0n) is 13.0. The van der Waals surface area contributed by atoms with Crippen LogP contribution in [0.15, 0.2) is 24.3 Å². The van der Waals surface area contributed by atoms with Crippen molar-refractivity contribution in [2.45, 2.75) is 54.5 Å². The van der Waals surface area contributed by atoms with Crippen molar-refractivity contribution in [2.75, 3.05) is 13.2 Å². The number of fused-ring (bicyclic) bond motifs is 2. The maximum absolute atomic E-state index is 12.4. The van der Waals surface area contributed by atoms with Gasteiger partial charge in [0.1, 0.15) is 0 Å². The first-order valence-corrected chi connectivity index (χ1v) is 9.89. The van der Waals surface area contributed by atoms with Crippen molar-refractivity contribution in [1.29, 1.82) is 0 Å². The lowest BCUT2D eigenvalue weighted by atomic mass is 9.80. The number of hydrogen-bond donors (Lipinski definition) is 1. The van der Waals surface area contributed by atoms with Crippen molar-refractivity contribution < 1.29 is 23.0 Å². The maximum Gasteiger partial charge on any atom is 0.184 e. The lowest BCUT2D eigenvalue weighted by molar-refractivity contribution is -0.0442. The third-order valence-electron chi connectivity index (χ3n) is 5.45. The molecule has 0 amide bonds. The van der Waals surface area contributed by atoms with Crippen LogP contribution in [-0.4, -0.2) is 37.2 Å². The fraction of sp³-hybridized carbons (Fsp3) is 0.647. The molecule has 3 aliphatic heterocycles. The summed E-state index contributed by atoms with van der Waals surface area (Å²) in [6.07, 6.45) is 2.57. The first-order chi connectivity index (χ1) is 11.0. The van der Waals surface area contributed by atoms with Gasteiger partial charge in [-0.1, -0.05) is 30.7 Å². The molecule has 4 rings (SSSR count). The van der Waals surface area contributed by atoms with Crippen molar-refractivity contribution in [3.05, 3.63) is 35.4 Å². The Hall–Kier alpha value is -0.950. The van der Waals surface area contributed by atoms with Crippen LogP contribution in [0.3, 0.4) is 0 Å². The Morgan fingerprint density at radius 1 is 1.00 bits per heavy atom. The van der Waals surface area contributed by atoms with Crippen LogP contribution >= 0.6 is 0 Å². The van der Waals surface area contributed by atoms with Gasteiger partial charge in [-0.2, -0.15) is 0 Å². The summed E-state index contributed by atoms with van der Waals surface area (Å²) < 4.78 is 35.7. The van der Waals surface area contributed by atoms with Gasteiger partial charge in [-0.05, 0) is 31.2 Å². The first kappa shape index (κ1) is 15.6. The summed E-state index contributed by atoms with van der Waals surface area (Å²) in [7, 11) is -3.07. The predicted octanol–water partition coefficient (Wildman–Crippen LogP) is 2.05. The van der Waals surface area contributed by atoms with E-state index in [1.807, 2.05) is 24.3 Å². The Morgan fingerprint density at radius 2 is 1.57 bits per heavy atom. The zero-order chi connectivity index (χ0) is 16.1. The maximum atomic E-state index is 12.4. The van der Waals surface area contributed by atoms with E-state index in [-0.39, 0.29) is 6.29 Å². The van der Waals surface area contributed by atoms with Gasteiger partial charge in [0.25, 0.3) is 0 Å². The Labute approximate surface area is 136 Å². The van der Waals surface area contributed by atoms with Gasteiger partial charge in [0.05, 0.1) is 29.3 Å². The molecule has 6 heteroatoms. The third kappa shape index (κ3) is 2.61. The molecule has 126 valence electrons. The van der Waals surface area contributed by atoms with Gasteiger partial charge in [0.15, 0.2) is 16.1 Å². The monoisotopic (exact) mass is 338 g/mol. The number of sulfone groups is 1. The fourth-order valence-electron chi connectivity index (χ4n) is 4.18. The summed E-state index contributed by atoms with van der Waals surface area (Å²) in [5, 5.41) is 10.3. The summed E-state index contributed by atoms with van der Waals surface area (Å²) >= 11 is 0. The standard InChI is InChI=1S/C17H22O5S/c18-17(10-14-2-1-3-15(11-17)23(14,19)20)13-6-4-12(5-7-13)16-21-8-9-22-16/h4-7,14-16,18H,1-3,8-11H2. The highest BCUT2D eigenvalue weighted by molar-refractivity contribution is 7.92. The molecule has 2 unspecified atom stereocenters. The van der Waals surface area contributed by atoms with E-state index in [1.165, 1.54) is 0 Å². The molecule has 2 bridgehead atoms. The van der Waals surface area contributed by atoms with E-state index in [9.17, 15) is 13.5 Å². The number of benzene rings is 1. The molecule has 0 aromatic heterocycles. The van der Waals surface area contributed by atoms with E-state index in [0.29, 0.717) is 38.9 Å². The van der Waals surface area contributed by atoms with Crippen LogP contribution < -0.4 is 0 Å². The average Bonchev–Trinajstić information content (AvgIpc) is 3.03.